The fourth-order valence-electron chi connectivity index (χ4n) is 1.55. The zero-order chi connectivity index (χ0) is 13.1. The van der Waals surface area contributed by atoms with Crippen LogP contribution >= 0.6 is 11.6 Å². The van der Waals surface area contributed by atoms with Crippen molar-refractivity contribution in [2.24, 2.45) is 0 Å². The van der Waals surface area contributed by atoms with Crippen LogP contribution in [-0.4, -0.2) is 0 Å². The zero-order valence-electron chi connectivity index (χ0n) is 9.38. The van der Waals surface area contributed by atoms with Crippen LogP contribution in [0.2, 0.25) is 5.02 Å². The molecule has 0 atom stereocenters. The van der Waals surface area contributed by atoms with E-state index in [1.807, 2.05) is 0 Å². The highest BCUT2D eigenvalue weighted by Crippen LogP contribution is 2.26. The Morgan fingerprint density at radius 1 is 1.11 bits per heavy atom. The van der Waals surface area contributed by atoms with Crippen molar-refractivity contribution in [3.8, 4) is 0 Å². The summed E-state index contributed by atoms with van der Waals surface area (Å²) in [6, 6.07) is 8.85. The van der Waals surface area contributed by atoms with E-state index in [-0.39, 0.29) is 17.4 Å². The summed E-state index contributed by atoms with van der Waals surface area (Å²) in [6.07, 6.45) is 0. The van der Waals surface area contributed by atoms with Crippen LogP contribution in [0.3, 0.4) is 0 Å². The molecule has 0 aromatic heterocycles. The summed E-state index contributed by atoms with van der Waals surface area (Å²) in [5, 5.41) is 2.84. The lowest BCUT2D eigenvalue weighted by Crippen LogP contribution is -2.04. The fourth-order valence-corrected chi connectivity index (χ4v) is 1.72. The first-order valence-electron chi connectivity index (χ1n) is 5.29. The van der Waals surface area contributed by atoms with Gasteiger partial charge in [0.25, 0.3) is 0 Å². The first-order chi connectivity index (χ1) is 8.58. The van der Waals surface area contributed by atoms with Gasteiger partial charge in [0.1, 0.15) is 11.6 Å². The molecule has 0 spiro atoms. The molecule has 2 aromatic rings. The van der Waals surface area contributed by atoms with E-state index in [1.54, 1.807) is 18.2 Å². The SMILES string of the molecule is Nc1cc(Cl)c(F)cc1NCc1ccccc1F. The van der Waals surface area contributed by atoms with Gasteiger partial charge in [0.2, 0.25) is 0 Å². The molecule has 0 amide bonds. The van der Waals surface area contributed by atoms with Crippen LogP contribution in [0.25, 0.3) is 0 Å². The number of anilines is 2. The molecule has 2 nitrogen and oxygen atoms in total. The highest BCUT2D eigenvalue weighted by atomic mass is 35.5. The summed E-state index contributed by atoms with van der Waals surface area (Å²) in [6.45, 7) is 0.220. The van der Waals surface area contributed by atoms with E-state index in [0.29, 0.717) is 16.9 Å². The molecule has 2 aromatic carbocycles. The van der Waals surface area contributed by atoms with Crippen molar-refractivity contribution < 1.29 is 8.78 Å². The molecular weight excluding hydrogens is 258 g/mol. The van der Waals surface area contributed by atoms with Gasteiger partial charge in [-0.25, -0.2) is 8.78 Å². The van der Waals surface area contributed by atoms with E-state index in [9.17, 15) is 8.78 Å². The second kappa shape index (κ2) is 5.23. The molecule has 2 rings (SSSR count). The Balaban J connectivity index is 2.16. The molecule has 0 aliphatic carbocycles. The molecule has 0 aliphatic rings. The van der Waals surface area contributed by atoms with Crippen molar-refractivity contribution in [3.05, 3.63) is 58.6 Å². The number of nitrogen functional groups attached to an aromatic ring is 1. The van der Waals surface area contributed by atoms with Crippen molar-refractivity contribution in [2.45, 2.75) is 6.54 Å². The molecule has 0 saturated heterocycles. The van der Waals surface area contributed by atoms with Gasteiger partial charge in [-0.1, -0.05) is 29.8 Å². The monoisotopic (exact) mass is 268 g/mol. The van der Waals surface area contributed by atoms with Crippen molar-refractivity contribution in [2.75, 3.05) is 11.1 Å². The van der Waals surface area contributed by atoms with Gasteiger partial charge in [-0.2, -0.15) is 0 Å². The van der Waals surface area contributed by atoms with Crippen molar-refractivity contribution in [1.82, 2.24) is 0 Å². The van der Waals surface area contributed by atoms with Crippen molar-refractivity contribution in [1.29, 1.82) is 0 Å². The summed E-state index contributed by atoms with van der Waals surface area (Å²) < 4.78 is 26.6. The van der Waals surface area contributed by atoms with Crippen LogP contribution in [0.1, 0.15) is 5.56 Å². The molecule has 0 radical (unpaired) electrons. The molecule has 5 heteroatoms. The lowest BCUT2D eigenvalue weighted by atomic mass is 10.2. The minimum atomic E-state index is -0.568. The highest BCUT2D eigenvalue weighted by molar-refractivity contribution is 6.31. The maximum Gasteiger partial charge on any atom is 0.143 e. The Morgan fingerprint density at radius 2 is 1.83 bits per heavy atom. The number of benzene rings is 2. The van der Waals surface area contributed by atoms with Crippen LogP contribution in [0.5, 0.6) is 0 Å². The normalized spacial score (nSPS) is 10.4. The molecule has 0 aliphatic heterocycles. The molecule has 0 bridgehead atoms. The van der Waals surface area contributed by atoms with Gasteiger partial charge in [0, 0.05) is 18.2 Å². The van der Waals surface area contributed by atoms with Gasteiger partial charge < -0.3 is 11.1 Å². The molecule has 0 heterocycles. The first-order valence-corrected chi connectivity index (χ1v) is 5.67. The molecule has 18 heavy (non-hydrogen) atoms. The summed E-state index contributed by atoms with van der Waals surface area (Å²) in [4.78, 5) is 0. The Morgan fingerprint density at radius 3 is 2.56 bits per heavy atom. The van der Waals surface area contributed by atoms with Gasteiger partial charge in [-0.05, 0) is 12.1 Å². The average molecular weight is 269 g/mol. The number of nitrogens with two attached hydrogens (primary N) is 1. The molecule has 0 saturated carbocycles. The van der Waals surface area contributed by atoms with Crippen LogP contribution < -0.4 is 11.1 Å². The minimum absolute atomic E-state index is 0.0380. The van der Waals surface area contributed by atoms with Gasteiger partial charge in [0.05, 0.1) is 16.4 Å². The highest BCUT2D eigenvalue weighted by Gasteiger charge is 2.07. The molecule has 3 N–H and O–H groups in total. The number of rotatable bonds is 3. The molecule has 0 fully saturated rings. The summed E-state index contributed by atoms with van der Waals surface area (Å²) in [5.74, 6) is -0.889. The average Bonchev–Trinajstić information content (AvgIpc) is 2.34. The number of halogens is 3. The largest absolute Gasteiger partial charge is 0.397 e. The lowest BCUT2D eigenvalue weighted by Gasteiger charge is -2.10. The van der Waals surface area contributed by atoms with Gasteiger partial charge in [-0.3, -0.25) is 0 Å². The fraction of sp³-hybridized carbons (Fsp3) is 0.0769. The number of hydrogen-bond acceptors (Lipinski definition) is 2. The van der Waals surface area contributed by atoms with E-state index in [1.165, 1.54) is 18.2 Å². The molecule has 94 valence electrons. The van der Waals surface area contributed by atoms with Crippen LogP contribution in [0.15, 0.2) is 36.4 Å². The van der Waals surface area contributed by atoms with Crippen LogP contribution in [0.4, 0.5) is 20.2 Å². The summed E-state index contributed by atoms with van der Waals surface area (Å²) in [5.41, 5.74) is 6.87. The minimum Gasteiger partial charge on any atom is -0.397 e. The maximum absolute atomic E-state index is 13.4. The molecule has 0 unspecified atom stereocenters. The third kappa shape index (κ3) is 2.71. The topological polar surface area (TPSA) is 38.0 Å². The lowest BCUT2D eigenvalue weighted by molar-refractivity contribution is 0.612. The van der Waals surface area contributed by atoms with Gasteiger partial charge in [0.15, 0.2) is 0 Å². The van der Waals surface area contributed by atoms with Crippen molar-refractivity contribution in [3.63, 3.8) is 0 Å². The smallest absolute Gasteiger partial charge is 0.143 e. The number of hydrogen-bond donors (Lipinski definition) is 2. The summed E-state index contributed by atoms with van der Waals surface area (Å²) in [7, 11) is 0. The van der Waals surface area contributed by atoms with Gasteiger partial charge in [-0.15, -0.1) is 0 Å². The van der Waals surface area contributed by atoms with E-state index < -0.39 is 5.82 Å². The van der Waals surface area contributed by atoms with Gasteiger partial charge >= 0.3 is 0 Å². The van der Waals surface area contributed by atoms with E-state index in [4.69, 9.17) is 17.3 Å². The predicted octanol–water partition coefficient (Wildman–Crippen LogP) is 3.81. The quantitative estimate of drug-likeness (QED) is 0.831. The van der Waals surface area contributed by atoms with E-state index in [0.717, 1.165) is 0 Å². The maximum atomic E-state index is 13.4. The Hall–Kier alpha value is -1.81. The third-order valence-electron chi connectivity index (χ3n) is 2.52. The zero-order valence-corrected chi connectivity index (χ0v) is 10.1. The molecular formula is C13H11ClF2N2. The second-order valence-electron chi connectivity index (χ2n) is 3.80. The Labute approximate surface area is 108 Å². The van der Waals surface area contributed by atoms with Crippen LogP contribution in [0, 0.1) is 11.6 Å². The van der Waals surface area contributed by atoms with Crippen molar-refractivity contribution >= 4 is 23.0 Å². The summed E-state index contributed by atoms with van der Waals surface area (Å²) >= 11 is 5.59. The Bertz CT molecular complexity index is 573. The first kappa shape index (κ1) is 12.6. The predicted molar refractivity (Wildman–Crippen MR) is 69.5 cm³/mol. The second-order valence-corrected chi connectivity index (χ2v) is 4.21. The Kier molecular flexibility index (Phi) is 3.67. The van der Waals surface area contributed by atoms with Crippen LogP contribution in [-0.2, 0) is 6.54 Å². The standard InChI is InChI=1S/C13H11ClF2N2/c14-9-5-12(17)13(6-11(9)16)18-7-8-3-1-2-4-10(8)15/h1-6,18H,7,17H2. The third-order valence-corrected chi connectivity index (χ3v) is 2.81. The number of nitrogens with one attached hydrogen (secondary N) is 1. The van der Waals surface area contributed by atoms with E-state index >= 15 is 0 Å². The van der Waals surface area contributed by atoms with E-state index in [2.05, 4.69) is 5.32 Å².